The lowest BCUT2D eigenvalue weighted by molar-refractivity contribution is 0.372. The van der Waals surface area contributed by atoms with Crippen LogP contribution >= 0.6 is 24.0 Å². The van der Waals surface area contributed by atoms with Crippen LogP contribution in [-0.4, -0.2) is 40.7 Å². The highest BCUT2D eigenvalue weighted by molar-refractivity contribution is 14.0. The maximum atomic E-state index is 5.27. The molecule has 0 amide bonds. The molecular formula is C21H31IN6O. The summed E-state index contributed by atoms with van der Waals surface area (Å²) in [6.07, 6.45) is 3.67. The molecule has 0 fully saturated rings. The Balaban J connectivity index is 0.00000300. The third-order valence-electron chi connectivity index (χ3n) is 4.64. The van der Waals surface area contributed by atoms with E-state index in [1.807, 2.05) is 0 Å². The molecule has 0 aliphatic carbocycles. The van der Waals surface area contributed by atoms with E-state index in [9.17, 15) is 0 Å². The van der Waals surface area contributed by atoms with Crippen molar-refractivity contribution < 1.29 is 4.52 Å². The number of H-pyrrole nitrogens is 1. The predicted octanol–water partition coefficient (Wildman–Crippen LogP) is 3.94. The van der Waals surface area contributed by atoms with Gasteiger partial charge >= 0.3 is 0 Å². The summed E-state index contributed by atoms with van der Waals surface area (Å²) in [5.74, 6) is 2.46. The molecule has 29 heavy (non-hydrogen) atoms. The second kappa shape index (κ2) is 11.2. The zero-order valence-electron chi connectivity index (χ0n) is 17.6. The first-order valence-corrected chi connectivity index (χ1v) is 9.98. The number of aliphatic imine (C=N–C) groups is 1. The molecule has 0 spiro atoms. The van der Waals surface area contributed by atoms with Crippen LogP contribution in [0.2, 0.25) is 0 Å². The lowest BCUT2D eigenvalue weighted by Gasteiger charge is -2.10. The van der Waals surface area contributed by atoms with E-state index >= 15 is 0 Å². The van der Waals surface area contributed by atoms with Gasteiger partial charge in [-0.15, -0.1) is 24.0 Å². The van der Waals surface area contributed by atoms with Crippen molar-refractivity contribution in [1.82, 2.24) is 25.8 Å². The molecule has 3 rings (SSSR count). The zero-order valence-corrected chi connectivity index (χ0v) is 19.9. The molecule has 3 aromatic rings. The number of hydrogen-bond donors (Lipinski definition) is 3. The van der Waals surface area contributed by atoms with Gasteiger partial charge in [-0.3, -0.25) is 4.99 Å². The number of nitrogens with one attached hydrogen (secondary N) is 3. The number of halogens is 1. The minimum atomic E-state index is 0. The van der Waals surface area contributed by atoms with E-state index in [1.165, 1.54) is 22.0 Å². The van der Waals surface area contributed by atoms with Gasteiger partial charge in [-0.2, -0.15) is 4.98 Å². The third-order valence-corrected chi connectivity index (χ3v) is 4.64. The quantitative estimate of drug-likeness (QED) is 0.243. The maximum Gasteiger partial charge on any atom is 0.228 e. The molecule has 0 aliphatic heterocycles. The molecule has 1 aromatic carbocycles. The largest absolute Gasteiger partial charge is 0.361 e. The fourth-order valence-corrected chi connectivity index (χ4v) is 3.10. The van der Waals surface area contributed by atoms with Crippen molar-refractivity contribution >= 4 is 40.8 Å². The molecule has 0 unspecified atom stereocenters. The van der Waals surface area contributed by atoms with E-state index in [2.05, 4.69) is 82.8 Å². The number of benzene rings is 1. The van der Waals surface area contributed by atoms with Crippen molar-refractivity contribution in [3.8, 4) is 0 Å². The Bertz CT molecular complexity index is 930. The van der Waals surface area contributed by atoms with Crippen molar-refractivity contribution in [3.05, 3.63) is 47.2 Å². The van der Waals surface area contributed by atoms with E-state index in [1.54, 1.807) is 0 Å². The van der Waals surface area contributed by atoms with Crippen molar-refractivity contribution in [2.24, 2.45) is 4.99 Å². The number of guanidine groups is 1. The SMILES string of the molecule is CCNC(=NCCc1nc(C(C)C)no1)NCCc1c[nH]c2c(C)cccc12.I. The van der Waals surface area contributed by atoms with Gasteiger partial charge in [0, 0.05) is 42.5 Å². The van der Waals surface area contributed by atoms with Gasteiger partial charge in [0.2, 0.25) is 5.89 Å². The summed E-state index contributed by atoms with van der Waals surface area (Å²) in [4.78, 5) is 12.4. The number of aromatic amines is 1. The second-order valence-corrected chi connectivity index (χ2v) is 7.20. The first-order chi connectivity index (χ1) is 13.6. The highest BCUT2D eigenvalue weighted by Crippen LogP contribution is 2.21. The highest BCUT2D eigenvalue weighted by Gasteiger charge is 2.09. The molecule has 2 aromatic heterocycles. The first-order valence-electron chi connectivity index (χ1n) is 9.98. The Morgan fingerprint density at radius 2 is 2.07 bits per heavy atom. The molecule has 8 heteroatoms. The first kappa shape index (κ1) is 23.2. The Kier molecular flexibility index (Phi) is 8.94. The molecule has 2 heterocycles. The van der Waals surface area contributed by atoms with Gasteiger partial charge in [-0.1, -0.05) is 37.2 Å². The summed E-state index contributed by atoms with van der Waals surface area (Å²) in [6, 6.07) is 6.41. The number of hydrogen-bond acceptors (Lipinski definition) is 4. The van der Waals surface area contributed by atoms with Crippen LogP contribution in [0.15, 0.2) is 33.9 Å². The molecule has 0 bridgehead atoms. The van der Waals surface area contributed by atoms with Gasteiger partial charge in [0.25, 0.3) is 0 Å². The molecule has 0 atom stereocenters. The fraction of sp³-hybridized carbons (Fsp3) is 0.476. The summed E-state index contributed by atoms with van der Waals surface area (Å²) < 4.78 is 5.27. The zero-order chi connectivity index (χ0) is 19.9. The summed E-state index contributed by atoms with van der Waals surface area (Å²) in [7, 11) is 0. The molecule has 0 saturated carbocycles. The van der Waals surface area contributed by atoms with Gasteiger partial charge in [0.15, 0.2) is 11.8 Å². The summed E-state index contributed by atoms with van der Waals surface area (Å²) in [6.45, 7) is 10.5. The molecule has 7 nitrogen and oxygen atoms in total. The van der Waals surface area contributed by atoms with Gasteiger partial charge in [0.05, 0.1) is 6.54 Å². The van der Waals surface area contributed by atoms with Crippen LogP contribution in [0.3, 0.4) is 0 Å². The molecule has 0 aliphatic rings. The minimum absolute atomic E-state index is 0. The topological polar surface area (TPSA) is 91.1 Å². The standard InChI is InChI=1S/C21H30N6O.HI/c1-5-22-21(24-12-10-18-26-20(14(2)3)27-28-18)23-11-9-16-13-25-19-15(4)7-6-8-17(16)19;/h6-8,13-14,25H,5,9-12H2,1-4H3,(H2,22,23,24);1H. The lowest BCUT2D eigenvalue weighted by Crippen LogP contribution is -2.38. The molecule has 0 saturated heterocycles. The van der Waals surface area contributed by atoms with Gasteiger partial charge in [0.1, 0.15) is 0 Å². The Hall–Kier alpha value is -2.10. The normalized spacial score (nSPS) is 11.7. The Morgan fingerprint density at radius 3 is 2.79 bits per heavy atom. The van der Waals surface area contributed by atoms with Gasteiger partial charge in [-0.25, -0.2) is 0 Å². The number of aromatic nitrogens is 3. The number of nitrogens with zero attached hydrogens (tertiary/aromatic N) is 3. The van der Waals surface area contributed by atoms with Crippen LogP contribution in [0.4, 0.5) is 0 Å². The van der Waals surface area contributed by atoms with Crippen molar-refractivity contribution in [2.45, 2.75) is 46.5 Å². The van der Waals surface area contributed by atoms with Gasteiger partial charge in [-0.05, 0) is 31.4 Å². The fourth-order valence-electron chi connectivity index (χ4n) is 3.10. The second-order valence-electron chi connectivity index (χ2n) is 7.20. The van der Waals surface area contributed by atoms with Gasteiger partial charge < -0.3 is 20.1 Å². The van der Waals surface area contributed by atoms with E-state index in [0.29, 0.717) is 18.9 Å². The van der Waals surface area contributed by atoms with E-state index in [4.69, 9.17) is 4.52 Å². The van der Waals surface area contributed by atoms with Crippen molar-refractivity contribution in [3.63, 3.8) is 0 Å². The van der Waals surface area contributed by atoms with Crippen LogP contribution in [0.5, 0.6) is 0 Å². The van der Waals surface area contributed by atoms with Crippen molar-refractivity contribution in [2.75, 3.05) is 19.6 Å². The maximum absolute atomic E-state index is 5.27. The van der Waals surface area contributed by atoms with E-state index < -0.39 is 0 Å². The molecule has 0 radical (unpaired) electrons. The van der Waals surface area contributed by atoms with Crippen LogP contribution < -0.4 is 10.6 Å². The number of fused-ring (bicyclic) bond motifs is 1. The Morgan fingerprint density at radius 1 is 1.24 bits per heavy atom. The van der Waals surface area contributed by atoms with Crippen LogP contribution in [0.1, 0.15) is 49.5 Å². The number of aryl methyl sites for hydroxylation is 1. The van der Waals surface area contributed by atoms with Crippen LogP contribution in [0.25, 0.3) is 10.9 Å². The lowest BCUT2D eigenvalue weighted by atomic mass is 10.1. The minimum Gasteiger partial charge on any atom is -0.361 e. The number of para-hydroxylation sites is 1. The van der Waals surface area contributed by atoms with Crippen LogP contribution in [0, 0.1) is 6.92 Å². The van der Waals surface area contributed by atoms with Crippen LogP contribution in [-0.2, 0) is 12.8 Å². The molecule has 3 N–H and O–H groups in total. The Labute approximate surface area is 189 Å². The monoisotopic (exact) mass is 510 g/mol. The summed E-state index contributed by atoms with van der Waals surface area (Å²) >= 11 is 0. The average Bonchev–Trinajstić information content (AvgIpc) is 3.30. The number of rotatable bonds is 8. The van der Waals surface area contributed by atoms with Crippen molar-refractivity contribution in [1.29, 1.82) is 0 Å². The predicted molar refractivity (Wildman–Crippen MR) is 128 cm³/mol. The summed E-state index contributed by atoms with van der Waals surface area (Å²) in [5, 5.41) is 12.0. The molecule has 158 valence electrons. The van der Waals surface area contributed by atoms with E-state index in [-0.39, 0.29) is 29.9 Å². The average molecular weight is 510 g/mol. The third kappa shape index (κ3) is 6.19. The molecular weight excluding hydrogens is 479 g/mol. The summed E-state index contributed by atoms with van der Waals surface area (Å²) in [5.41, 5.74) is 3.81. The highest BCUT2D eigenvalue weighted by atomic mass is 127. The smallest absolute Gasteiger partial charge is 0.228 e. The van der Waals surface area contributed by atoms with E-state index in [0.717, 1.165) is 31.3 Å².